The van der Waals surface area contributed by atoms with E-state index in [0.717, 1.165) is 5.56 Å². The van der Waals surface area contributed by atoms with Gasteiger partial charge in [-0.25, -0.2) is 4.98 Å². The number of aliphatic hydroxyl groups is 1. The van der Waals surface area contributed by atoms with E-state index >= 15 is 0 Å². The summed E-state index contributed by atoms with van der Waals surface area (Å²) in [6.45, 7) is 3.78. The maximum absolute atomic E-state index is 11.8. The summed E-state index contributed by atoms with van der Waals surface area (Å²) < 4.78 is 1.49. The smallest absolute Gasteiger partial charge is 0.253 e. The lowest BCUT2D eigenvalue weighted by molar-refractivity contribution is 0.153. The Balaban J connectivity index is 2.28. The van der Waals surface area contributed by atoms with Crippen LogP contribution in [-0.4, -0.2) is 14.7 Å². The van der Waals surface area contributed by atoms with Gasteiger partial charge in [0.25, 0.3) is 5.56 Å². The van der Waals surface area contributed by atoms with Gasteiger partial charge in [0.05, 0.1) is 12.6 Å². The van der Waals surface area contributed by atoms with Gasteiger partial charge in [-0.05, 0) is 19.4 Å². The topological polar surface area (TPSA) is 55.1 Å². The molecule has 4 heteroatoms. The predicted octanol–water partition coefficient (Wildman–Crippen LogP) is 1.59. The summed E-state index contributed by atoms with van der Waals surface area (Å²) in [7, 11) is 0. The zero-order chi connectivity index (χ0) is 13.1. The van der Waals surface area contributed by atoms with E-state index in [4.69, 9.17) is 0 Å². The van der Waals surface area contributed by atoms with Gasteiger partial charge in [0, 0.05) is 11.8 Å². The first-order valence-electron chi connectivity index (χ1n) is 5.86. The standard InChI is InChI=1S/C14H16N2O2/c1-10-8-14(18)16(11(2)15-10)9-13(17)12-6-4-3-5-7-12/h3-8,13,17H,9H2,1-2H3. The summed E-state index contributed by atoms with van der Waals surface area (Å²) in [6.07, 6.45) is -0.702. The summed E-state index contributed by atoms with van der Waals surface area (Å²) in [5, 5.41) is 10.1. The summed E-state index contributed by atoms with van der Waals surface area (Å²) >= 11 is 0. The molecule has 0 saturated carbocycles. The van der Waals surface area contributed by atoms with Crippen molar-refractivity contribution in [3.63, 3.8) is 0 Å². The van der Waals surface area contributed by atoms with Gasteiger partial charge in [0.1, 0.15) is 5.82 Å². The second-order valence-corrected chi connectivity index (χ2v) is 4.32. The molecule has 0 radical (unpaired) electrons. The van der Waals surface area contributed by atoms with E-state index in [9.17, 15) is 9.90 Å². The molecule has 4 nitrogen and oxygen atoms in total. The number of hydrogen-bond acceptors (Lipinski definition) is 3. The zero-order valence-electron chi connectivity index (χ0n) is 10.5. The number of aliphatic hydroxyl groups excluding tert-OH is 1. The molecule has 0 aliphatic carbocycles. The maximum atomic E-state index is 11.8. The van der Waals surface area contributed by atoms with Crippen molar-refractivity contribution in [2.75, 3.05) is 0 Å². The monoisotopic (exact) mass is 244 g/mol. The lowest BCUT2D eigenvalue weighted by Gasteiger charge is -2.15. The number of rotatable bonds is 3. The second-order valence-electron chi connectivity index (χ2n) is 4.32. The average Bonchev–Trinajstić information content (AvgIpc) is 2.34. The van der Waals surface area contributed by atoms with Crippen LogP contribution in [0, 0.1) is 13.8 Å². The molecule has 0 spiro atoms. The Kier molecular flexibility index (Phi) is 3.58. The first-order valence-corrected chi connectivity index (χ1v) is 5.86. The molecule has 18 heavy (non-hydrogen) atoms. The zero-order valence-corrected chi connectivity index (χ0v) is 10.5. The Hall–Kier alpha value is -1.94. The van der Waals surface area contributed by atoms with Crippen molar-refractivity contribution in [2.24, 2.45) is 0 Å². The lowest BCUT2D eigenvalue weighted by atomic mass is 10.1. The van der Waals surface area contributed by atoms with Crippen LogP contribution < -0.4 is 5.56 Å². The van der Waals surface area contributed by atoms with Gasteiger partial charge < -0.3 is 5.11 Å². The van der Waals surface area contributed by atoms with Crippen molar-refractivity contribution in [1.82, 2.24) is 9.55 Å². The van der Waals surface area contributed by atoms with E-state index < -0.39 is 6.10 Å². The molecular formula is C14H16N2O2. The minimum atomic E-state index is -0.702. The number of benzene rings is 1. The molecule has 1 aromatic heterocycles. The highest BCUT2D eigenvalue weighted by Gasteiger charge is 2.11. The van der Waals surface area contributed by atoms with E-state index in [0.29, 0.717) is 11.5 Å². The lowest BCUT2D eigenvalue weighted by Crippen LogP contribution is -2.26. The molecule has 94 valence electrons. The van der Waals surface area contributed by atoms with Crippen molar-refractivity contribution in [3.8, 4) is 0 Å². The summed E-state index contributed by atoms with van der Waals surface area (Å²) in [5.41, 5.74) is 1.36. The first-order chi connectivity index (χ1) is 8.58. The van der Waals surface area contributed by atoms with Crippen LogP contribution in [0.2, 0.25) is 0 Å². The Morgan fingerprint density at radius 2 is 1.94 bits per heavy atom. The normalized spacial score (nSPS) is 12.4. The molecule has 1 N–H and O–H groups in total. The average molecular weight is 244 g/mol. The van der Waals surface area contributed by atoms with Gasteiger partial charge >= 0.3 is 0 Å². The molecule has 1 unspecified atom stereocenters. The van der Waals surface area contributed by atoms with Crippen LogP contribution >= 0.6 is 0 Å². The van der Waals surface area contributed by atoms with Crippen LogP contribution in [0.5, 0.6) is 0 Å². The fraction of sp³-hybridized carbons (Fsp3) is 0.286. The number of aromatic nitrogens is 2. The number of hydrogen-bond donors (Lipinski definition) is 1. The van der Waals surface area contributed by atoms with Crippen LogP contribution in [0.1, 0.15) is 23.2 Å². The second kappa shape index (κ2) is 5.14. The highest BCUT2D eigenvalue weighted by Crippen LogP contribution is 2.14. The van der Waals surface area contributed by atoms with Crippen LogP contribution in [0.15, 0.2) is 41.2 Å². The number of nitrogens with zero attached hydrogens (tertiary/aromatic N) is 2. The molecule has 1 aromatic carbocycles. The van der Waals surface area contributed by atoms with Gasteiger partial charge in [-0.3, -0.25) is 9.36 Å². The molecule has 0 bridgehead atoms. The Morgan fingerprint density at radius 3 is 2.56 bits per heavy atom. The quantitative estimate of drug-likeness (QED) is 0.892. The Morgan fingerprint density at radius 1 is 1.28 bits per heavy atom. The van der Waals surface area contributed by atoms with Crippen molar-refractivity contribution >= 4 is 0 Å². The molecule has 1 heterocycles. The van der Waals surface area contributed by atoms with Crippen molar-refractivity contribution in [3.05, 3.63) is 63.8 Å². The molecule has 2 rings (SSSR count). The molecule has 1 atom stereocenters. The third-order valence-electron chi connectivity index (χ3n) is 2.87. The van der Waals surface area contributed by atoms with Crippen molar-refractivity contribution in [2.45, 2.75) is 26.5 Å². The fourth-order valence-corrected chi connectivity index (χ4v) is 1.94. The van der Waals surface area contributed by atoms with Gasteiger partial charge in [-0.1, -0.05) is 30.3 Å². The van der Waals surface area contributed by atoms with Crippen LogP contribution in [0.25, 0.3) is 0 Å². The van der Waals surface area contributed by atoms with Crippen LogP contribution in [0.3, 0.4) is 0 Å². The SMILES string of the molecule is Cc1cc(=O)n(CC(O)c2ccccc2)c(C)n1. The fourth-order valence-electron chi connectivity index (χ4n) is 1.94. The van der Waals surface area contributed by atoms with Gasteiger partial charge in [-0.2, -0.15) is 0 Å². The third kappa shape index (κ3) is 2.65. The molecule has 0 aliphatic rings. The highest BCUT2D eigenvalue weighted by molar-refractivity contribution is 5.17. The van der Waals surface area contributed by atoms with E-state index in [1.165, 1.54) is 10.6 Å². The molecule has 0 fully saturated rings. The predicted molar refractivity (Wildman–Crippen MR) is 69.4 cm³/mol. The summed E-state index contributed by atoms with van der Waals surface area (Å²) in [5.74, 6) is 0.620. The Bertz CT molecular complexity index is 590. The van der Waals surface area contributed by atoms with E-state index in [-0.39, 0.29) is 12.1 Å². The van der Waals surface area contributed by atoms with Gasteiger partial charge in [0.2, 0.25) is 0 Å². The first kappa shape index (κ1) is 12.5. The summed E-state index contributed by atoms with van der Waals surface area (Å²) in [6, 6.07) is 10.8. The van der Waals surface area contributed by atoms with Crippen LogP contribution in [-0.2, 0) is 6.54 Å². The number of aryl methyl sites for hydroxylation is 2. The van der Waals surface area contributed by atoms with E-state index in [1.807, 2.05) is 30.3 Å². The molecule has 2 aromatic rings. The van der Waals surface area contributed by atoms with Crippen molar-refractivity contribution < 1.29 is 5.11 Å². The molecular weight excluding hydrogens is 228 g/mol. The molecule has 0 saturated heterocycles. The minimum Gasteiger partial charge on any atom is -0.387 e. The minimum absolute atomic E-state index is 0.130. The van der Waals surface area contributed by atoms with E-state index in [2.05, 4.69) is 4.98 Å². The molecule has 0 aliphatic heterocycles. The largest absolute Gasteiger partial charge is 0.387 e. The Labute approximate surface area is 106 Å². The maximum Gasteiger partial charge on any atom is 0.253 e. The van der Waals surface area contributed by atoms with E-state index in [1.54, 1.807) is 13.8 Å². The van der Waals surface area contributed by atoms with Crippen molar-refractivity contribution in [1.29, 1.82) is 0 Å². The van der Waals surface area contributed by atoms with Gasteiger partial charge in [-0.15, -0.1) is 0 Å². The third-order valence-corrected chi connectivity index (χ3v) is 2.87. The van der Waals surface area contributed by atoms with Gasteiger partial charge in [0.15, 0.2) is 0 Å². The highest BCUT2D eigenvalue weighted by atomic mass is 16.3. The summed E-state index contributed by atoms with van der Waals surface area (Å²) in [4.78, 5) is 16.1. The molecule has 0 amide bonds. The van der Waals surface area contributed by atoms with Crippen LogP contribution in [0.4, 0.5) is 0 Å².